The van der Waals surface area contributed by atoms with Gasteiger partial charge in [-0.15, -0.1) is 0 Å². The van der Waals surface area contributed by atoms with Crippen LogP contribution in [0.1, 0.15) is 42.6 Å². The Morgan fingerprint density at radius 3 is 2.62 bits per heavy atom. The van der Waals surface area contributed by atoms with Gasteiger partial charge in [0.1, 0.15) is 10.8 Å². The highest BCUT2D eigenvalue weighted by atomic mass is 79.9. The second-order valence-corrected chi connectivity index (χ2v) is 8.48. The maximum Gasteiger partial charge on any atom is 0.113 e. The number of halogens is 2. The third-order valence-electron chi connectivity index (χ3n) is 5.86. The summed E-state index contributed by atoms with van der Waals surface area (Å²) in [5, 5.41) is 0.783. The topological polar surface area (TPSA) is 15.6 Å². The van der Waals surface area contributed by atoms with Crippen LogP contribution in [0.15, 0.2) is 23.2 Å². The second-order valence-electron chi connectivity index (χ2n) is 7.18. The van der Waals surface area contributed by atoms with Crippen LogP contribution in [-0.2, 0) is 0 Å². The molecular weight excluding hydrogens is 348 g/mol. The molecule has 0 aromatic heterocycles. The van der Waals surface area contributed by atoms with Crippen molar-refractivity contribution < 1.29 is 0 Å². The molecule has 6 rings (SSSR count). The molecule has 110 valence electrons. The molecule has 1 aromatic carbocycles. The molecule has 3 unspecified atom stereocenters. The first kappa shape index (κ1) is 13.0. The van der Waals surface area contributed by atoms with E-state index in [2.05, 4.69) is 26.9 Å². The second kappa shape index (κ2) is 4.48. The fourth-order valence-electron chi connectivity index (χ4n) is 5.19. The smallest absolute Gasteiger partial charge is 0.113 e. The molecule has 0 spiro atoms. The lowest BCUT2D eigenvalue weighted by molar-refractivity contribution is 0.127. The summed E-state index contributed by atoms with van der Waals surface area (Å²) >= 11 is 10.1. The molecular formula is C17H18BrClN2. The quantitative estimate of drug-likeness (QED) is 0.450. The number of benzene rings is 1. The molecule has 2 saturated heterocycles. The van der Waals surface area contributed by atoms with E-state index in [9.17, 15) is 0 Å². The van der Waals surface area contributed by atoms with Gasteiger partial charge in [0.05, 0.1) is 5.69 Å². The minimum absolute atomic E-state index is 0.264. The molecule has 0 N–H and O–H groups in total. The van der Waals surface area contributed by atoms with Crippen molar-refractivity contribution in [2.24, 2.45) is 22.7 Å². The van der Waals surface area contributed by atoms with Crippen molar-refractivity contribution in [2.45, 2.75) is 43.1 Å². The lowest BCUT2D eigenvalue weighted by Gasteiger charge is -2.42. The summed E-state index contributed by atoms with van der Waals surface area (Å²) in [6, 6.07) is 6.81. The third kappa shape index (κ3) is 1.86. The number of hydrogen-bond donors (Lipinski definition) is 0. The minimum atomic E-state index is 0.264. The molecule has 5 aliphatic rings. The SMILES string of the molecule is Clc1ccc2c(c1)N=C1C3CC4CC(C3)CC(C4)N1C2Br. The van der Waals surface area contributed by atoms with Gasteiger partial charge in [0.15, 0.2) is 0 Å². The third-order valence-corrected chi connectivity index (χ3v) is 7.03. The maximum atomic E-state index is 6.18. The highest BCUT2D eigenvalue weighted by Crippen LogP contribution is 2.53. The Hall–Kier alpha value is -0.540. The fourth-order valence-corrected chi connectivity index (χ4v) is 6.29. The zero-order valence-corrected chi connectivity index (χ0v) is 14.1. The molecule has 3 aliphatic heterocycles. The molecule has 21 heavy (non-hydrogen) atoms. The number of aliphatic imine (C=N–C) groups is 1. The van der Waals surface area contributed by atoms with Crippen molar-refractivity contribution in [2.75, 3.05) is 0 Å². The molecule has 3 heterocycles. The van der Waals surface area contributed by atoms with Gasteiger partial charge in [-0.05, 0) is 56.1 Å². The van der Waals surface area contributed by atoms with Crippen LogP contribution in [0.5, 0.6) is 0 Å². The number of rotatable bonds is 0. The van der Waals surface area contributed by atoms with Crippen molar-refractivity contribution in [3.05, 3.63) is 28.8 Å². The van der Waals surface area contributed by atoms with E-state index in [0.29, 0.717) is 12.0 Å². The van der Waals surface area contributed by atoms with Gasteiger partial charge < -0.3 is 4.90 Å². The minimum Gasteiger partial charge on any atom is -0.340 e. The first-order valence-corrected chi connectivity index (χ1v) is 9.29. The van der Waals surface area contributed by atoms with Crippen LogP contribution in [0.4, 0.5) is 5.69 Å². The molecule has 2 aliphatic carbocycles. The first-order valence-electron chi connectivity index (χ1n) is 7.99. The normalized spacial score (nSPS) is 39.6. The van der Waals surface area contributed by atoms with E-state index >= 15 is 0 Å². The van der Waals surface area contributed by atoms with Crippen LogP contribution >= 0.6 is 27.5 Å². The first-order chi connectivity index (χ1) is 10.2. The van der Waals surface area contributed by atoms with Crippen LogP contribution in [0, 0.1) is 17.8 Å². The highest BCUT2D eigenvalue weighted by Gasteiger charge is 2.48. The van der Waals surface area contributed by atoms with Crippen LogP contribution in [0.25, 0.3) is 0 Å². The summed E-state index contributed by atoms with van der Waals surface area (Å²) in [7, 11) is 0. The van der Waals surface area contributed by atoms with Gasteiger partial charge in [0, 0.05) is 22.5 Å². The lowest BCUT2D eigenvalue weighted by Crippen LogP contribution is -2.43. The van der Waals surface area contributed by atoms with Crippen LogP contribution in [0.2, 0.25) is 5.02 Å². The molecule has 2 nitrogen and oxygen atoms in total. The van der Waals surface area contributed by atoms with Crippen molar-refractivity contribution in [3.63, 3.8) is 0 Å². The number of nitrogens with zero attached hydrogens (tertiary/aromatic N) is 2. The monoisotopic (exact) mass is 364 g/mol. The van der Waals surface area contributed by atoms with Crippen LogP contribution < -0.4 is 0 Å². The van der Waals surface area contributed by atoms with E-state index in [0.717, 1.165) is 22.5 Å². The Labute approximate surface area is 138 Å². The van der Waals surface area contributed by atoms with E-state index in [-0.39, 0.29) is 4.95 Å². The summed E-state index contributed by atoms with van der Waals surface area (Å²) in [6.45, 7) is 0. The average molecular weight is 366 g/mol. The highest BCUT2D eigenvalue weighted by molar-refractivity contribution is 9.09. The van der Waals surface area contributed by atoms with Crippen LogP contribution in [0.3, 0.4) is 0 Å². The largest absolute Gasteiger partial charge is 0.340 e. The van der Waals surface area contributed by atoms with Crippen molar-refractivity contribution >= 4 is 39.1 Å². The predicted octanol–water partition coefficient (Wildman–Crippen LogP) is 5.29. The van der Waals surface area contributed by atoms with Crippen LogP contribution in [-0.4, -0.2) is 16.8 Å². The van der Waals surface area contributed by atoms with Gasteiger partial charge in [-0.25, -0.2) is 4.99 Å². The molecule has 2 saturated carbocycles. The van der Waals surface area contributed by atoms with Crippen molar-refractivity contribution in [3.8, 4) is 0 Å². The zero-order valence-electron chi connectivity index (χ0n) is 11.8. The Bertz CT molecular complexity index is 630. The molecule has 0 radical (unpaired) electrons. The van der Waals surface area contributed by atoms with Gasteiger partial charge >= 0.3 is 0 Å². The van der Waals surface area contributed by atoms with Gasteiger partial charge in [-0.1, -0.05) is 33.6 Å². The Kier molecular flexibility index (Phi) is 2.76. The standard InChI is InChI=1S/C17H18BrClN2/c18-16-14-2-1-12(19)8-15(14)20-17-11-4-9-3-10(5-11)7-13(6-9)21(16)17/h1-2,8-11,13,16H,3-7H2. The van der Waals surface area contributed by atoms with Crippen molar-refractivity contribution in [1.29, 1.82) is 0 Å². The van der Waals surface area contributed by atoms with Gasteiger partial charge in [-0.2, -0.15) is 0 Å². The fraction of sp³-hybridized carbons (Fsp3) is 0.588. The summed E-state index contributed by atoms with van der Waals surface area (Å²) < 4.78 is 0. The van der Waals surface area contributed by atoms with E-state index in [4.69, 9.17) is 16.6 Å². The molecule has 4 fully saturated rings. The molecule has 1 aromatic rings. The summed E-state index contributed by atoms with van der Waals surface area (Å²) in [5.74, 6) is 3.84. The van der Waals surface area contributed by atoms with E-state index in [1.165, 1.54) is 43.5 Å². The maximum absolute atomic E-state index is 6.18. The number of fused-ring (bicyclic) bond motifs is 1. The number of amidine groups is 1. The zero-order chi connectivity index (χ0) is 14.1. The van der Waals surface area contributed by atoms with E-state index < -0.39 is 0 Å². The van der Waals surface area contributed by atoms with E-state index in [1.807, 2.05) is 12.1 Å². The van der Waals surface area contributed by atoms with Gasteiger partial charge in [0.2, 0.25) is 0 Å². The molecule has 3 atom stereocenters. The molecule has 4 heteroatoms. The summed E-state index contributed by atoms with van der Waals surface area (Å²) in [5.41, 5.74) is 2.33. The van der Waals surface area contributed by atoms with Gasteiger partial charge in [-0.3, -0.25) is 0 Å². The Morgan fingerprint density at radius 2 is 1.86 bits per heavy atom. The number of alkyl halides is 1. The average Bonchev–Trinajstić information content (AvgIpc) is 2.61. The lowest BCUT2D eigenvalue weighted by atomic mass is 9.68. The Morgan fingerprint density at radius 1 is 1.10 bits per heavy atom. The predicted molar refractivity (Wildman–Crippen MR) is 89.4 cm³/mol. The number of hydrogen-bond acceptors (Lipinski definition) is 2. The van der Waals surface area contributed by atoms with Crippen molar-refractivity contribution in [1.82, 2.24) is 4.90 Å². The molecule has 4 bridgehead atoms. The summed E-state index contributed by atoms with van der Waals surface area (Å²) in [4.78, 5) is 7.93. The van der Waals surface area contributed by atoms with Gasteiger partial charge in [0.25, 0.3) is 0 Å². The Balaban J connectivity index is 1.68. The molecule has 0 amide bonds. The van der Waals surface area contributed by atoms with E-state index in [1.54, 1.807) is 0 Å². The summed E-state index contributed by atoms with van der Waals surface area (Å²) in [6.07, 6.45) is 6.86.